The molecule has 3 aromatic heterocycles. The summed E-state index contributed by atoms with van der Waals surface area (Å²) in [5, 5.41) is 16.8. The number of hydrogen-bond acceptors (Lipinski definition) is 6. The highest BCUT2D eigenvalue weighted by Gasteiger charge is 2.27. The van der Waals surface area contributed by atoms with Crippen LogP contribution >= 0.6 is 0 Å². The van der Waals surface area contributed by atoms with Gasteiger partial charge in [0.2, 0.25) is 5.91 Å². The van der Waals surface area contributed by atoms with Gasteiger partial charge in [-0.2, -0.15) is 18.3 Å². The maximum Gasteiger partial charge on any atom is 0.411 e. The van der Waals surface area contributed by atoms with E-state index in [9.17, 15) is 18.0 Å². The number of halogens is 3. The van der Waals surface area contributed by atoms with E-state index >= 15 is 0 Å². The SMILES string of the molecule is Cc1cc(Cn2cc3c(CC(=O)NCCCO)nccc3n2)cnc1COCC(F)(F)F. The predicted molar refractivity (Wildman–Crippen MR) is 110 cm³/mol. The number of carbonyl (C=O) groups excluding carboxylic acids is 1. The fraction of sp³-hybridized carbons (Fsp3) is 0.429. The maximum atomic E-state index is 12.2. The van der Waals surface area contributed by atoms with Crippen molar-refractivity contribution in [1.29, 1.82) is 0 Å². The quantitative estimate of drug-likeness (QED) is 0.459. The smallest absolute Gasteiger partial charge is 0.396 e. The fourth-order valence-electron chi connectivity index (χ4n) is 3.14. The number of amides is 1. The number of aliphatic hydroxyl groups excluding tert-OH is 1. The average molecular weight is 451 g/mol. The van der Waals surface area contributed by atoms with Crippen LogP contribution in [-0.2, 0) is 29.1 Å². The second-order valence-electron chi connectivity index (χ2n) is 7.34. The van der Waals surface area contributed by atoms with Crippen molar-refractivity contribution >= 4 is 16.8 Å². The first-order chi connectivity index (χ1) is 15.2. The molecule has 0 saturated heterocycles. The molecule has 0 fully saturated rings. The van der Waals surface area contributed by atoms with Crippen LogP contribution in [0, 0.1) is 6.92 Å². The van der Waals surface area contributed by atoms with Crippen LogP contribution < -0.4 is 5.32 Å². The summed E-state index contributed by atoms with van der Waals surface area (Å²) in [4.78, 5) is 20.6. The Bertz CT molecular complexity index is 1070. The number of carbonyl (C=O) groups is 1. The lowest BCUT2D eigenvalue weighted by Crippen LogP contribution is -2.26. The van der Waals surface area contributed by atoms with Gasteiger partial charge in [0.1, 0.15) is 6.61 Å². The second kappa shape index (κ2) is 10.5. The molecule has 0 aliphatic heterocycles. The van der Waals surface area contributed by atoms with E-state index in [1.807, 2.05) is 6.07 Å². The van der Waals surface area contributed by atoms with Gasteiger partial charge < -0.3 is 15.2 Å². The molecule has 32 heavy (non-hydrogen) atoms. The molecule has 172 valence electrons. The van der Waals surface area contributed by atoms with Gasteiger partial charge in [-0.25, -0.2) is 0 Å². The third kappa shape index (κ3) is 6.72. The van der Waals surface area contributed by atoms with Crippen LogP contribution in [0.4, 0.5) is 13.2 Å². The average Bonchev–Trinajstić information content (AvgIpc) is 3.12. The van der Waals surface area contributed by atoms with Gasteiger partial charge in [0.25, 0.3) is 0 Å². The third-order valence-electron chi connectivity index (χ3n) is 4.64. The van der Waals surface area contributed by atoms with E-state index in [0.717, 1.165) is 16.5 Å². The molecule has 1 amide bonds. The Labute approximate surface area is 182 Å². The van der Waals surface area contributed by atoms with Gasteiger partial charge in [0.15, 0.2) is 0 Å². The zero-order valence-electron chi connectivity index (χ0n) is 17.5. The normalized spacial score (nSPS) is 11.8. The maximum absolute atomic E-state index is 12.2. The molecule has 0 radical (unpaired) electrons. The Morgan fingerprint density at radius 3 is 2.81 bits per heavy atom. The van der Waals surface area contributed by atoms with Crippen LogP contribution in [0.1, 0.15) is 28.9 Å². The number of nitrogens with one attached hydrogen (secondary N) is 1. The minimum atomic E-state index is -4.37. The molecule has 3 heterocycles. The molecule has 0 aliphatic rings. The van der Waals surface area contributed by atoms with Crippen molar-refractivity contribution in [2.75, 3.05) is 19.8 Å². The Morgan fingerprint density at radius 1 is 1.28 bits per heavy atom. The molecule has 11 heteroatoms. The van der Waals surface area contributed by atoms with E-state index in [0.29, 0.717) is 36.4 Å². The Balaban J connectivity index is 1.67. The first kappa shape index (κ1) is 23.6. The molecular weight excluding hydrogens is 427 g/mol. The van der Waals surface area contributed by atoms with Crippen molar-refractivity contribution in [1.82, 2.24) is 25.1 Å². The topological polar surface area (TPSA) is 102 Å². The number of fused-ring (bicyclic) bond motifs is 1. The number of aryl methyl sites for hydroxylation is 1. The first-order valence-corrected chi connectivity index (χ1v) is 10.0. The lowest BCUT2D eigenvalue weighted by atomic mass is 10.1. The molecule has 3 aromatic rings. The van der Waals surface area contributed by atoms with Gasteiger partial charge in [-0.1, -0.05) is 6.07 Å². The van der Waals surface area contributed by atoms with E-state index in [2.05, 4.69) is 25.1 Å². The highest BCUT2D eigenvalue weighted by molar-refractivity contribution is 5.86. The van der Waals surface area contributed by atoms with Crippen LogP contribution in [0.15, 0.2) is 30.7 Å². The Hall–Kier alpha value is -3.05. The predicted octanol–water partition coefficient (Wildman–Crippen LogP) is 2.30. The standard InChI is InChI=1S/C21H24F3N5O3/c1-14-7-15(9-27-19(14)12-32-13-21(22,23)24)10-29-11-16-17(28-29)3-5-25-18(16)8-20(31)26-4-2-6-30/h3,5,7,9,11,30H,2,4,6,8,10,12-13H2,1H3,(H,26,31). The number of aliphatic hydroxyl groups is 1. The molecule has 0 spiro atoms. The zero-order valence-corrected chi connectivity index (χ0v) is 17.5. The van der Waals surface area contributed by atoms with E-state index in [1.165, 1.54) is 0 Å². The molecule has 8 nitrogen and oxygen atoms in total. The molecule has 0 saturated carbocycles. The summed E-state index contributed by atoms with van der Waals surface area (Å²) in [7, 11) is 0. The van der Waals surface area contributed by atoms with E-state index in [1.54, 1.807) is 36.3 Å². The number of rotatable bonds is 10. The van der Waals surface area contributed by atoms with Crippen LogP contribution in [0.5, 0.6) is 0 Å². The molecular formula is C21H24F3N5O3. The van der Waals surface area contributed by atoms with Gasteiger partial charge in [0.05, 0.1) is 36.5 Å². The summed E-state index contributed by atoms with van der Waals surface area (Å²) in [5.41, 5.74) is 3.29. The third-order valence-corrected chi connectivity index (χ3v) is 4.64. The number of alkyl halides is 3. The van der Waals surface area contributed by atoms with Crippen LogP contribution in [0.2, 0.25) is 0 Å². The molecule has 3 rings (SSSR count). The highest BCUT2D eigenvalue weighted by atomic mass is 19.4. The van der Waals surface area contributed by atoms with Crippen LogP contribution in [-0.4, -0.2) is 56.7 Å². The first-order valence-electron chi connectivity index (χ1n) is 10.0. The lowest BCUT2D eigenvalue weighted by Gasteiger charge is -2.10. The molecule has 2 N–H and O–H groups in total. The molecule has 0 atom stereocenters. The molecule has 0 aromatic carbocycles. The number of pyridine rings is 2. The largest absolute Gasteiger partial charge is 0.411 e. The van der Waals surface area contributed by atoms with Crippen LogP contribution in [0.25, 0.3) is 10.9 Å². The summed E-state index contributed by atoms with van der Waals surface area (Å²) in [6.07, 6.45) is 1.19. The molecule has 0 unspecified atom stereocenters. The summed E-state index contributed by atoms with van der Waals surface area (Å²) in [6.45, 7) is 1.04. The summed E-state index contributed by atoms with van der Waals surface area (Å²) in [5.74, 6) is -0.186. The Kier molecular flexibility index (Phi) is 7.75. The highest BCUT2D eigenvalue weighted by Crippen LogP contribution is 2.19. The number of nitrogens with zero attached hydrogens (tertiary/aromatic N) is 4. The van der Waals surface area contributed by atoms with E-state index in [4.69, 9.17) is 5.11 Å². The minimum Gasteiger partial charge on any atom is -0.396 e. The fourth-order valence-corrected chi connectivity index (χ4v) is 3.14. The number of aromatic nitrogens is 4. The van der Waals surface area contributed by atoms with Crippen molar-refractivity contribution in [2.45, 2.75) is 39.1 Å². The van der Waals surface area contributed by atoms with Crippen molar-refractivity contribution in [2.24, 2.45) is 0 Å². The summed E-state index contributed by atoms with van der Waals surface area (Å²) >= 11 is 0. The van der Waals surface area contributed by atoms with Gasteiger partial charge >= 0.3 is 6.18 Å². The minimum absolute atomic E-state index is 0.0107. The van der Waals surface area contributed by atoms with Crippen molar-refractivity contribution in [3.8, 4) is 0 Å². The van der Waals surface area contributed by atoms with E-state index in [-0.39, 0.29) is 25.5 Å². The van der Waals surface area contributed by atoms with Crippen molar-refractivity contribution < 1.29 is 27.8 Å². The summed E-state index contributed by atoms with van der Waals surface area (Å²) in [6, 6.07) is 3.59. The van der Waals surface area contributed by atoms with Crippen molar-refractivity contribution in [3.05, 3.63) is 53.2 Å². The molecule has 0 bridgehead atoms. The monoisotopic (exact) mass is 451 g/mol. The van der Waals surface area contributed by atoms with Crippen molar-refractivity contribution in [3.63, 3.8) is 0 Å². The lowest BCUT2D eigenvalue weighted by molar-refractivity contribution is -0.176. The zero-order chi connectivity index (χ0) is 23.1. The number of hydrogen-bond donors (Lipinski definition) is 2. The van der Waals surface area contributed by atoms with Gasteiger partial charge in [0, 0.05) is 37.1 Å². The van der Waals surface area contributed by atoms with Crippen LogP contribution in [0.3, 0.4) is 0 Å². The second-order valence-corrected chi connectivity index (χ2v) is 7.34. The van der Waals surface area contributed by atoms with Gasteiger partial charge in [-0.3, -0.25) is 19.4 Å². The molecule has 0 aliphatic carbocycles. The Morgan fingerprint density at radius 2 is 2.09 bits per heavy atom. The van der Waals surface area contributed by atoms with Gasteiger partial charge in [-0.15, -0.1) is 0 Å². The summed E-state index contributed by atoms with van der Waals surface area (Å²) < 4.78 is 43.1. The number of ether oxygens (including phenoxy) is 1. The van der Waals surface area contributed by atoms with E-state index < -0.39 is 12.8 Å². The van der Waals surface area contributed by atoms with Gasteiger partial charge in [-0.05, 0) is 30.5 Å².